The fraction of sp³-hybridized carbons (Fsp3) is 0.800. The van der Waals surface area contributed by atoms with Crippen LogP contribution in [0.1, 0.15) is 52.4 Å². The van der Waals surface area contributed by atoms with Gasteiger partial charge in [-0.25, -0.2) is 10.3 Å². The number of alkyl carbamates (subject to hydrolysis) is 1. The number of rotatable bonds is 5. The highest BCUT2D eigenvalue weighted by atomic mass is 19.4. The molecule has 3 atom stereocenters. The van der Waals surface area contributed by atoms with Gasteiger partial charge < -0.3 is 20.7 Å². The van der Waals surface area contributed by atoms with Gasteiger partial charge >= 0.3 is 12.3 Å². The van der Waals surface area contributed by atoms with E-state index >= 15 is 0 Å². The molecule has 0 bridgehead atoms. The number of carbonyl (C=O) groups excluding carboxylic acids is 4. The lowest BCUT2D eigenvalue weighted by Crippen LogP contribution is -2.52. The zero-order valence-electron chi connectivity index (χ0n) is 18.8. The lowest BCUT2D eigenvalue weighted by Gasteiger charge is -2.28. The zero-order chi connectivity index (χ0) is 25.0. The molecule has 0 radical (unpaired) electrons. The van der Waals surface area contributed by atoms with Crippen LogP contribution in [0.15, 0.2) is 0 Å². The highest BCUT2D eigenvalue weighted by Crippen LogP contribution is 2.26. The summed E-state index contributed by atoms with van der Waals surface area (Å²) >= 11 is 0. The highest BCUT2D eigenvalue weighted by molar-refractivity contribution is 5.91. The third-order valence-electron chi connectivity index (χ3n) is 5.17. The smallest absolute Gasteiger partial charge is 0.407 e. The number of nitrogens with one attached hydrogen (secondary N) is 4. The molecule has 1 aliphatic heterocycles. The summed E-state index contributed by atoms with van der Waals surface area (Å²) < 4.78 is 42.7. The minimum absolute atomic E-state index is 0.0144. The van der Waals surface area contributed by atoms with E-state index in [0.717, 1.165) is 0 Å². The van der Waals surface area contributed by atoms with Crippen molar-refractivity contribution < 1.29 is 42.3 Å². The van der Waals surface area contributed by atoms with Crippen LogP contribution in [0.2, 0.25) is 0 Å². The van der Waals surface area contributed by atoms with E-state index in [4.69, 9.17) is 9.94 Å². The van der Waals surface area contributed by atoms with Crippen LogP contribution < -0.4 is 21.4 Å². The molecule has 1 rings (SSSR count). The van der Waals surface area contributed by atoms with Crippen molar-refractivity contribution in [2.24, 2.45) is 17.8 Å². The number of carbonyl (C=O) groups is 4. The summed E-state index contributed by atoms with van der Waals surface area (Å²) in [6.45, 7) is 2.29. The van der Waals surface area contributed by atoms with Crippen LogP contribution in [0.3, 0.4) is 0 Å². The molecule has 190 valence electrons. The number of ether oxygens (including phenoxy) is 1. The van der Waals surface area contributed by atoms with Crippen LogP contribution in [0, 0.1) is 17.8 Å². The van der Waals surface area contributed by atoms with Crippen LogP contribution in [0.25, 0.3) is 0 Å². The monoisotopic (exact) mass is 482 g/mol. The fourth-order valence-corrected chi connectivity index (χ4v) is 3.60. The van der Waals surface area contributed by atoms with Gasteiger partial charge in [-0.3, -0.25) is 19.6 Å². The quantitative estimate of drug-likeness (QED) is 0.297. The van der Waals surface area contributed by atoms with Gasteiger partial charge in [0.05, 0.1) is 12.5 Å². The number of hydroxylamine groups is 1. The molecule has 4 amide bonds. The van der Waals surface area contributed by atoms with E-state index < -0.39 is 54.4 Å². The molecule has 5 N–H and O–H groups in total. The lowest BCUT2D eigenvalue weighted by molar-refractivity contribution is -0.144. The van der Waals surface area contributed by atoms with Crippen LogP contribution in [-0.2, 0) is 19.1 Å². The van der Waals surface area contributed by atoms with Crippen molar-refractivity contribution in [3.05, 3.63) is 0 Å². The number of halogens is 3. The van der Waals surface area contributed by atoms with E-state index in [0.29, 0.717) is 12.8 Å². The van der Waals surface area contributed by atoms with E-state index in [1.807, 2.05) is 13.8 Å². The molecule has 0 aromatic rings. The number of hydrogen-bond acceptors (Lipinski definition) is 6. The molecule has 0 aliphatic carbocycles. The Bertz CT molecular complexity index is 675. The normalized spacial score (nSPS) is 23.9. The summed E-state index contributed by atoms with van der Waals surface area (Å²) in [5.74, 6) is -4.50. The Hall–Kier alpha value is -2.57. The van der Waals surface area contributed by atoms with Crippen LogP contribution >= 0.6 is 0 Å². The first kappa shape index (κ1) is 28.5. The van der Waals surface area contributed by atoms with E-state index in [2.05, 4.69) is 10.6 Å². The number of alkyl halides is 3. The summed E-state index contributed by atoms with van der Waals surface area (Å²) in [6.07, 6.45) is -3.99. The van der Waals surface area contributed by atoms with Crippen molar-refractivity contribution in [2.75, 3.05) is 19.7 Å². The maximum atomic E-state index is 13.1. The summed E-state index contributed by atoms with van der Waals surface area (Å²) in [6, 6.07) is -1.26. The van der Waals surface area contributed by atoms with Crippen molar-refractivity contribution in [1.82, 2.24) is 21.4 Å². The summed E-state index contributed by atoms with van der Waals surface area (Å²) in [5.41, 5.74) is 1.54. The molecule has 0 saturated carbocycles. The van der Waals surface area contributed by atoms with Gasteiger partial charge in [-0.15, -0.1) is 0 Å². The van der Waals surface area contributed by atoms with E-state index in [-0.39, 0.29) is 44.8 Å². The molecule has 0 aromatic heterocycles. The van der Waals surface area contributed by atoms with Gasteiger partial charge in [-0.05, 0) is 44.4 Å². The molecule has 13 heteroatoms. The Morgan fingerprint density at radius 1 is 1.15 bits per heavy atom. The molecule has 0 unspecified atom stereocenters. The molecule has 1 heterocycles. The first-order valence-corrected chi connectivity index (χ1v) is 10.9. The van der Waals surface area contributed by atoms with Crippen molar-refractivity contribution in [3.8, 4) is 0 Å². The standard InChI is InChI=1S/C20H33F3N4O6/c1-12(2)10-14-13(17(29)27-32)6-5-9-33-19(31)24-8-4-3-7-15(26-16(14)28)18(30)25-11-20(21,22)23/h12-15,32H,3-11H2,1-2H3,(H,24,31)(H,25,30)(H,26,28)(H,27,29)/t13-,14+,15-/m0/s1. The van der Waals surface area contributed by atoms with Crippen molar-refractivity contribution >= 4 is 23.8 Å². The average molecular weight is 483 g/mol. The third kappa shape index (κ3) is 11.2. The topological polar surface area (TPSA) is 146 Å². The van der Waals surface area contributed by atoms with Gasteiger partial charge in [0.15, 0.2) is 0 Å². The van der Waals surface area contributed by atoms with E-state index in [9.17, 15) is 32.3 Å². The predicted octanol–water partition coefficient (Wildman–Crippen LogP) is 1.62. The van der Waals surface area contributed by atoms with Crippen LogP contribution in [-0.4, -0.2) is 60.9 Å². The van der Waals surface area contributed by atoms with Crippen LogP contribution in [0.5, 0.6) is 0 Å². The maximum absolute atomic E-state index is 13.1. The SMILES string of the molecule is CC(C)C[C@H]1C(=O)N[C@H](C(=O)NCC(F)(F)F)CCCCNC(=O)OCCC[C@@H]1C(=O)NO. The second-order valence-corrected chi connectivity index (χ2v) is 8.41. The Labute approximate surface area is 190 Å². The van der Waals surface area contributed by atoms with Gasteiger partial charge in [0.1, 0.15) is 12.6 Å². The molecule has 0 aromatic carbocycles. The van der Waals surface area contributed by atoms with Gasteiger partial charge in [-0.2, -0.15) is 13.2 Å². The molecule has 1 saturated heterocycles. The van der Waals surface area contributed by atoms with Gasteiger partial charge in [0.25, 0.3) is 0 Å². The Balaban J connectivity index is 3.15. The van der Waals surface area contributed by atoms with Crippen molar-refractivity contribution in [3.63, 3.8) is 0 Å². The zero-order valence-corrected chi connectivity index (χ0v) is 18.8. The molecular weight excluding hydrogens is 449 g/mol. The van der Waals surface area contributed by atoms with Crippen LogP contribution in [0.4, 0.5) is 18.0 Å². The number of hydrogen-bond donors (Lipinski definition) is 5. The Morgan fingerprint density at radius 3 is 2.45 bits per heavy atom. The van der Waals surface area contributed by atoms with Crippen molar-refractivity contribution in [2.45, 2.75) is 64.6 Å². The van der Waals surface area contributed by atoms with Crippen molar-refractivity contribution in [1.29, 1.82) is 0 Å². The molecule has 0 spiro atoms. The van der Waals surface area contributed by atoms with E-state index in [1.165, 1.54) is 5.48 Å². The molecule has 1 fully saturated rings. The second kappa shape index (κ2) is 13.9. The highest BCUT2D eigenvalue weighted by Gasteiger charge is 2.36. The van der Waals surface area contributed by atoms with E-state index in [1.54, 1.807) is 5.32 Å². The largest absolute Gasteiger partial charge is 0.450 e. The molecule has 10 nitrogen and oxygen atoms in total. The Kier molecular flexibility index (Phi) is 12.0. The van der Waals surface area contributed by atoms with Gasteiger partial charge in [0, 0.05) is 12.5 Å². The third-order valence-corrected chi connectivity index (χ3v) is 5.17. The molecule has 1 aliphatic rings. The fourth-order valence-electron chi connectivity index (χ4n) is 3.60. The van der Waals surface area contributed by atoms with Gasteiger partial charge in [-0.1, -0.05) is 13.8 Å². The maximum Gasteiger partial charge on any atom is 0.407 e. The Morgan fingerprint density at radius 2 is 1.85 bits per heavy atom. The first-order chi connectivity index (χ1) is 15.4. The minimum atomic E-state index is -4.62. The van der Waals surface area contributed by atoms with Gasteiger partial charge in [0.2, 0.25) is 17.7 Å². The summed E-state index contributed by atoms with van der Waals surface area (Å²) in [5, 5.41) is 16.0. The minimum Gasteiger partial charge on any atom is -0.450 e. The molecular formula is C20H33F3N4O6. The predicted molar refractivity (Wildman–Crippen MR) is 110 cm³/mol. The summed E-state index contributed by atoms with van der Waals surface area (Å²) in [4.78, 5) is 49.6. The second-order valence-electron chi connectivity index (χ2n) is 8.41. The number of amides is 4. The average Bonchev–Trinajstić information content (AvgIpc) is 2.73. The summed E-state index contributed by atoms with van der Waals surface area (Å²) in [7, 11) is 0. The lowest BCUT2D eigenvalue weighted by atomic mass is 9.81. The molecule has 33 heavy (non-hydrogen) atoms. The number of cyclic esters (lactones) is 1. The first-order valence-electron chi connectivity index (χ1n) is 10.9.